The van der Waals surface area contributed by atoms with Crippen LogP contribution in [0.5, 0.6) is 17.2 Å². The standard InChI is InChI=1S/C13H18O5/c1-8(2)18-13(14)9-6-10(15-3)12(17-5)11(7-9)16-4/h6-8H,1-5H3. The van der Waals surface area contributed by atoms with Crippen LogP contribution in [0.2, 0.25) is 0 Å². The van der Waals surface area contributed by atoms with Gasteiger partial charge in [-0.2, -0.15) is 0 Å². The summed E-state index contributed by atoms with van der Waals surface area (Å²) in [7, 11) is 4.50. The number of esters is 1. The van der Waals surface area contributed by atoms with Gasteiger partial charge < -0.3 is 18.9 Å². The molecule has 0 amide bonds. The average molecular weight is 254 g/mol. The Kier molecular flexibility index (Phi) is 4.83. The first-order valence-corrected chi connectivity index (χ1v) is 5.54. The third-order valence-corrected chi connectivity index (χ3v) is 2.24. The Labute approximate surface area is 107 Å². The minimum absolute atomic E-state index is 0.184. The zero-order chi connectivity index (χ0) is 13.7. The van der Waals surface area contributed by atoms with Crippen molar-refractivity contribution in [2.24, 2.45) is 0 Å². The van der Waals surface area contributed by atoms with E-state index in [-0.39, 0.29) is 6.10 Å². The fourth-order valence-corrected chi connectivity index (χ4v) is 1.48. The van der Waals surface area contributed by atoms with Crippen molar-refractivity contribution >= 4 is 5.97 Å². The number of hydrogen-bond donors (Lipinski definition) is 0. The first-order valence-electron chi connectivity index (χ1n) is 5.54. The van der Waals surface area contributed by atoms with Crippen molar-refractivity contribution in [2.75, 3.05) is 21.3 Å². The predicted molar refractivity (Wildman–Crippen MR) is 66.6 cm³/mol. The highest BCUT2D eigenvalue weighted by atomic mass is 16.5. The molecule has 100 valence electrons. The molecule has 0 fully saturated rings. The third-order valence-electron chi connectivity index (χ3n) is 2.24. The van der Waals surface area contributed by atoms with Crippen molar-refractivity contribution in [3.05, 3.63) is 17.7 Å². The van der Waals surface area contributed by atoms with Gasteiger partial charge in [0.25, 0.3) is 0 Å². The lowest BCUT2D eigenvalue weighted by Gasteiger charge is -2.14. The summed E-state index contributed by atoms with van der Waals surface area (Å²) in [5.41, 5.74) is 0.359. The van der Waals surface area contributed by atoms with Gasteiger partial charge in [0.05, 0.1) is 33.0 Å². The Hall–Kier alpha value is -1.91. The fourth-order valence-electron chi connectivity index (χ4n) is 1.48. The van der Waals surface area contributed by atoms with Crippen molar-refractivity contribution in [3.63, 3.8) is 0 Å². The van der Waals surface area contributed by atoms with E-state index < -0.39 is 5.97 Å². The molecule has 0 N–H and O–H groups in total. The van der Waals surface area contributed by atoms with Gasteiger partial charge in [-0.3, -0.25) is 0 Å². The summed E-state index contributed by atoms with van der Waals surface area (Å²) < 4.78 is 20.6. The lowest BCUT2D eigenvalue weighted by atomic mass is 10.2. The minimum atomic E-state index is -0.427. The Bertz CT molecular complexity index is 400. The first-order chi connectivity index (χ1) is 8.53. The fraction of sp³-hybridized carbons (Fsp3) is 0.462. The van der Waals surface area contributed by atoms with Crippen molar-refractivity contribution in [1.82, 2.24) is 0 Å². The topological polar surface area (TPSA) is 54.0 Å². The molecule has 0 aliphatic carbocycles. The molecule has 0 bridgehead atoms. The van der Waals surface area contributed by atoms with Crippen LogP contribution in [0.3, 0.4) is 0 Å². The first kappa shape index (κ1) is 14.2. The van der Waals surface area contributed by atoms with Crippen molar-refractivity contribution in [1.29, 1.82) is 0 Å². The second-order valence-electron chi connectivity index (χ2n) is 3.87. The molecule has 0 spiro atoms. The monoisotopic (exact) mass is 254 g/mol. The molecular formula is C13H18O5. The highest BCUT2D eigenvalue weighted by Crippen LogP contribution is 2.38. The molecule has 0 heterocycles. The normalized spacial score (nSPS) is 10.1. The highest BCUT2D eigenvalue weighted by molar-refractivity contribution is 5.91. The summed E-state index contributed by atoms with van der Waals surface area (Å²) in [6.45, 7) is 3.58. The van der Waals surface area contributed by atoms with Crippen LogP contribution >= 0.6 is 0 Å². The molecule has 5 nitrogen and oxygen atoms in total. The van der Waals surface area contributed by atoms with Crippen molar-refractivity contribution < 1.29 is 23.7 Å². The zero-order valence-corrected chi connectivity index (χ0v) is 11.3. The minimum Gasteiger partial charge on any atom is -0.493 e. The van der Waals surface area contributed by atoms with E-state index in [1.54, 1.807) is 26.0 Å². The molecule has 0 aliphatic heterocycles. The summed E-state index contributed by atoms with van der Waals surface area (Å²) in [6, 6.07) is 3.12. The number of carbonyl (C=O) groups is 1. The highest BCUT2D eigenvalue weighted by Gasteiger charge is 2.18. The maximum Gasteiger partial charge on any atom is 0.338 e. The van der Waals surface area contributed by atoms with Crippen molar-refractivity contribution in [3.8, 4) is 17.2 Å². The van der Waals surface area contributed by atoms with E-state index in [0.29, 0.717) is 22.8 Å². The van der Waals surface area contributed by atoms with Crippen LogP contribution in [0, 0.1) is 0 Å². The van der Waals surface area contributed by atoms with E-state index in [2.05, 4.69) is 0 Å². The second-order valence-corrected chi connectivity index (χ2v) is 3.87. The van der Waals surface area contributed by atoms with Crippen LogP contribution in [-0.2, 0) is 4.74 Å². The summed E-state index contributed by atoms with van der Waals surface area (Å²) in [5.74, 6) is 0.866. The number of benzene rings is 1. The lowest BCUT2D eigenvalue weighted by molar-refractivity contribution is 0.0377. The van der Waals surface area contributed by atoms with Gasteiger partial charge in [-0.05, 0) is 26.0 Å². The van der Waals surface area contributed by atoms with Crippen LogP contribution in [0.25, 0.3) is 0 Å². The summed E-state index contributed by atoms with van der Waals surface area (Å²) in [6.07, 6.45) is -0.184. The molecule has 0 unspecified atom stereocenters. The summed E-state index contributed by atoms with van der Waals surface area (Å²) in [5, 5.41) is 0. The van der Waals surface area contributed by atoms with Gasteiger partial charge in [-0.15, -0.1) is 0 Å². The zero-order valence-electron chi connectivity index (χ0n) is 11.3. The number of hydrogen-bond acceptors (Lipinski definition) is 5. The Morgan fingerprint density at radius 3 is 1.83 bits per heavy atom. The predicted octanol–water partition coefficient (Wildman–Crippen LogP) is 2.28. The van der Waals surface area contributed by atoms with Crippen molar-refractivity contribution in [2.45, 2.75) is 20.0 Å². The molecule has 0 aliphatic rings. The molecule has 0 atom stereocenters. The van der Waals surface area contributed by atoms with Gasteiger partial charge in [0, 0.05) is 0 Å². The van der Waals surface area contributed by atoms with Crippen LogP contribution in [0.4, 0.5) is 0 Å². The number of rotatable bonds is 5. The third kappa shape index (κ3) is 3.06. The molecule has 0 aromatic heterocycles. The Balaban J connectivity index is 3.18. The SMILES string of the molecule is COc1cc(C(=O)OC(C)C)cc(OC)c1OC. The molecule has 1 rings (SSSR count). The molecular weight excluding hydrogens is 236 g/mol. The maximum atomic E-state index is 11.8. The number of methoxy groups -OCH3 is 3. The van der Waals surface area contributed by atoms with Crippen LogP contribution in [-0.4, -0.2) is 33.4 Å². The molecule has 5 heteroatoms. The Morgan fingerprint density at radius 2 is 1.50 bits per heavy atom. The van der Waals surface area contributed by atoms with Crippen LogP contribution < -0.4 is 14.2 Å². The summed E-state index contributed by atoms with van der Waals surface area (Å²) in [4.78, 5) is 11.8. The average Bonchev–Trinajstić information content (AvgIpc) is 2.35. The molecule has 1 aromatic carbocycles. The van der Waals surface area contributed by atoms with Gasteiger partial charge >= 0.3 is 5.97 Å². The molecule has 0 radical (unpaired) electrons. The lowest BCUT2D eigenvalue weighted by Crippen LogP contribution is -2.12. The number of ether oxygens (including phenoxy) is 4. The van der Waals surface area contributed by atoms with Gasteiger partial charge in [-0.25, -0.2) is 4.79 Å². The van der Waals surface area contributed by atoms with Gasteiger partial charge in [0.1, 0.15) is 0 Å². The van der Waals surface area contributed by atoms with Gasteiger partial charge in [0.2, 0.25) is 5.75 Å². The van der Waals surface area contributed by atoms with E-state index in [1.165, 1.54) is 21.3 Å². The second kappa shape index (κ2) is 6.14. The quantitative estimate of drug-likeness (QED) is 0.754. The largest absolute Gasteiger partial charge is 0.493 e. The smallest absolute Gasteiger partial charge is 0.338 e. The summed E-state index contributed by atoms with van der Waals surface area (Å²) >= 11 is 0. The van der Waals surface area contributed by atoms with E-state index in [0.717, 1.165) is 0 Å². The van der Waals surface area contributed by atoms with Gasteiger partial charge in [-0.1, -0.05) is 0 Å². The maximum absolute atomic E-state index is 11.8. The molecule has 0 saturated heterocycles. The molecule has 1 aromatic rings. The van der Waals surface area contributed by atoms with Crippen LogP contribution in [0.1, 0.15) is 24.2 Å². The number of carbonyl (C=O) groups excluding carboxylic acids is 1. The van der Waals surface area contributed by atoms with E-state index in [1.807, 2.05) is 0 Å². The van der Waals surface area contributed by atoms with Crippen LogP contribution in [0.15, 0.2) is 12.1 Å². The van der Waals surface area contributed by atoms with E-state index in [4.69, 9.17) is 18.9 Å². The van der Waals surface area contributed by atoms with Gasteiger partial charge in [0.15, 0.2) is 11.5 Å². The van der Waals surface area contributed by atoms with E-state index in [9.17, 15) is 4.79 Å². The van der Waals surface area contributed by atoms with E-state index >= 15 is 0 Å². The molecule has 18 heavy (non-hydrogen) atoms. The Morgan fingerprint density at radius 1 is 1.00 bits per heavy atom. The molecule has 0 saturated carbocycles.